The zero-order valence-electron chi connectivity index (χ0n) is 35.9. The molecule has 15 nitrogen and oxygen atoms in total. The third-order valence-corrected chi connectivity index (χ3v) is 11.0. The second-order valence-electron chi connectivity index (χ2n) is 15.4. The molecule has 0 aliphatic heterocycles. The minimum Gasteiger partial charge on any atom is -0.480 e. The van der Waals surface area contributed by atoms with E-state index < -0.39 is 87.8 Å². The van der Waals surface area contributed by atoms with E-state index >= 15 is 0 Å². The summed E-state index contributed by atoms with van der Waals surface area (Å²) in [5.41, 5.74) is 5.32. The molecule has 1 unspecified atom stereocenters. The molecule has 1 fully saturated rings. The number of Topliss-reactive ketones (excluding diaryl/α,β-unsaturated/α-hetero) is 1. The van der Waals surface area contributed by atoms with Crippen LogP contribution in [0.25, 0.3) is 0 Å². The van der Waals surface area contributed by atoms with Crippen molar-refractivity contribution >= 4 is 31.5 Å². The van der Waals surface area contributed by atoms with Crippen LogP contribution in [-0.4, -0.2) is 99.3 Å². The van der Waals surface area contributed by atoms with Gasteiger partial charge in [-0.05, 0) is 57.8 Å². The molecule has 0 spiro atoms. The van der Waals surface area contributed by atoms with Crippen LogP contribution in [0.15, 0.2) is 48.6 Å². The van der Waals surface area contributed by atoms with Gasteiger partial charge in [0.2, 0.25) is 0 Å². The number of rotatable bonds is 36. The number of carboxylic acids is 1. The van der Waals surface area contributed by atoms with Crippen LogP contribution in [0.1, 0.15) is 142 Å². The largest absolute Gasteiger partial charge is 0.480 e. The number of aliphatic hydroxyl groups excluding tert-OH is 3. The van der Waals surface area contributed by atoms with Crippen LogP contribution in [0.5, 0.6) is 0 Å². The molecule has 0 radical (unpaired) electrons. The highest BCUT2D eigenvalue weighted by Gasteiger charge is 2.41. The molecule has 1 aliphatic carbocycles. The summed E-state index contributed by atoms with van der Waals surface area (Å²) in [6.45, 7) is 2.17. The van der Waals surface area contributed by atoms with Crippen molar-refractivity contribution in [1.82, 2.24) is 0 Å². The zero-order valence-corrected chi connectivity index (χ0v) is 36.8. The molecule has 0 aromatic rings. The quantitative estimate of drug-likeness (QED) is 0.0161. The van der Waals surface area contributed by atoms with Crippen LogP contribution >= 0.6 is 7.82 Å². The van der Waals surface area contributed by atoms with E-state index in [1.165, 1.54) is 0 Å². The van der Waals surface area contributed by atoms with Gasteiger partial charge in [-0.3, -0.25) is 28.2 Å². The first-order chi connectivity index (χ1) is 28.7. The van der Waals surface area contributed by atoms with Crippen molar-refractivity contribution in [2.45, 2.75) is 173 Å². The number of hydrogen-bond donors (Lipinski definition) is 6. The highest BCUT2D eigenvalue weighted by Crippen LogP contribution is 2.43. The minimum atomic E-state index is -4.83. The zero-order chi connectivity index (χ0) is 44.6. The summed E-state index contributed by atoms with van der Waals surface area (Å²) in [5.74, 6) is -3.87. The fraction of sp³-hybridized carbons (Fsp3) is 0.727. The van der Waals surface area contributed by atoms with Crippen molar-refractivity contribution in [2.24, 2.45) is 17.6 Å². The first-order valence-corrected chi connectivity index (χ1v) is 23.3. The number of carbonyl (C=O) groups is 4. The minimum absolute atomic E-state index is 0.0305. The fourth-order valence-electron chi connectivity index (χ4n) is 6.54. The van der Waals surface area contributed by atoms with Gasteiger partial charge in [-0.25, -0.2) is 4.57 Å². The van der Waals surface area contributed by atoms with Gasteiger partial charge in [-0.1, -0.05) is 101 Å². The van der Waals surface area contributed by atoms with E-state index in [9.17, 15) is 44.0 Å². The topological polar surface area (TPSA) is 249 Å². The molecule has 1 saturated carbocycles. The summed E-state index contributed by atoms with van der Waals surface area (Å²) in [6.07, 6.45) is 25.3. The number of allylic oxidation sites excluding steroid dienone is 6. The van der Waals surface area contributed by atoms with Gasteiger partial charge >= 0.3 is 25.7 Å². The average molecular weight is 872 g/mol. The normalized spacial score (nSPS) is 20.9. The van der Waals surface area contributed by atoms with E-state index in [4.69, 9.17) is 24.8 Å². The Kier molecular flexibility index (Phi) is 30.8. The molecule has 0 aromatic heterocycles. The second-order valence-corrected chi connectivity index (χ2v) is 16.9. The molecule has 0 heterocycles. The number of unbranched alkanes of at least 4 members (excludes halogenated alkanes) is 8. The van der Waals surface area contributed by atoms with Crippen molar-refractivity contribution < 1.29 is 67.6 Å². The maximum atomic E-state index is 12.9. The Labute approximate surface area is 357 Å². The summed E-state index contributed by atoms with van der Waals surface area (Å²) in [5, 5.41) is 40.2. The SMILES string of the molecule is CC/C=C\C/C=C\C/C=C\CCCCCCCC(=O)OC[C@H](COP(=O)(O)OC[C@H](N)C(=O)O)OC(=O)CCCCC(=O)C[C@@H]1[C@@H](/C=C/[C@@H](O)CCCCC)[C@H](O)C[C@@H]1O. The van der Waals surface area contributed by atoms with Crippen molar-refractivity contribution in [3.05, 3.63) is 48.6 Å². The number of hydrogen-bond acceptors (Lipinski definition) is 13. The number of ketones is 1. The van der Waals surface area contributed by atoms with Gasteiger partial charge in [0.15, 0.2) is 6.10 Å². The molecule has 1 rings (SSSR count). The lowest BCUT2D eigenvalue weighted by atomic mass is 9.87. The predicted octanol–water partition coefficient (Wildman–Crippen LogP) is 6.95. The summed E-state index contributed by atoms with van der Waals surface area (Å²) < 4.78 is 32.6. The van der Waals surface area contributed by atoms with Gasteiger partial charge in [0.1, 0.15) is 18.4 Å². The fourth-order valence-corrected chi connectivity index (χ4v) is 7.32. The molecule has 8 atom stereocenters. The number of aliphatic hydroxyl groups is 3. The molecule has 60 heavy (non-hydrogen) atoms. The van der Waals surface area contributed by atoms with Gasteiger partial charge < -0.3 is 40.5 Å². The van der Waals surface area contributed by atoms with E-state index in [2.05, 4.69) is 54.8 Å². The maximum Gasteiger partial charge on any atom is 0.472 e. The van der Waals surface area contributed by atoms with E-state index in [0.29, 0.717) is 19.3 Å². The Hall–Kier alpha value is -3.01. The van der Waals surface area contributed by atoms with Crippen LogP contribution in [0.3, 0.4) is 0 Å². The number of phosphoric acid groups is 1. The Morgan fingerprint density at radius 1 is 0.767 bits per heavy atom. The van der Waals surface area contributed by atoms with Gasteiger partial charge in [0, 0.05) is 43.9 Å². The molecule has 7 N–H and O–H groups in total. The van der Waals surface area contributed by atoms with Crippen LogP contribution in [0, 0.1) is 11.8 Å². The molecular weight excluding hydrogens is 797 g/mol. The lowest BCUT2D eigenvalue weighted by molar-refractivity contribution is -0.161. The van der Waals surface area contributed by atoms with E-state index in [0.717, 1.165) is 70.6 Å². The highest BCUT2D eigenvalue weighted by atomic mass is 31.2. The number of carboxylic acid groups (broad SMARTS) is 1. The van der Waals surface area contributed by atoms with Crippen molar-refractivity contribution in [1.29, 1.82) is 0 Å². The first kappa shape index (κ1) is 55.0. The number of carbonyl (C=O) groups excluding carboxylic acids is 3. The molecule has 1 aliphatic rings. The molecule has 0 bridgehead atoms. The van der Waals surface area contributed by atoms with E-state index in [-0.39, 0.29) is 44.3 Å². The first-order valence-electron chi connectivity index (χ1n) is 21.8. The highest BCUT2D eigenvalue weighted by molar-refractivity contribution is 7.47. The molecule has 0 saturated heterocycles. The van der Waals surface area contributed by atoms with Gasteiger partial charge in [-0.2, -0.15) is 0 Å². The lowest BCUT2D eigenvalue weighted by Crippen LogP contribution is -2.34. The third-order valence-electron chi connectivity index (χ3n) is 10.0. The van der Waals surface area contributed by atoms with Crippen molar-refractivity contribution in [3.8, 4) is 0 Å². The molecule has 0 amide bonds. The van der Waals surface area contributed by atoms with Gasteiger partial charge in [0.05, 0.1) is 31.5 Å². The number of phosphoric ester groups is 1. The number of esters is 2. The average Bonchev–Trinajstić information content (AvgIpc) is 3.47. The Morgan fingerprint density at radius 3 is 2.08 bits per heavy atom. The lowest BCUT2D eigenvalue weighted by Gasteiger charge is -2.21. The maximum absolute atomic E-state index is 12.9. The molecular formula is C44H74NO14P. The number of aliphatic carboxylic acids is 1. The standard InChI is InChI=1S/C44H74NO14P/c1-3-5-7-8-9-10-11-12-13-14-15-16-17-18-20-25-42(50)56-31-36(32-57-60(54,55)58-33-39(45)44(52)53)59-43(51)26-22-21-24-35(47)29-38-37(40(48)30-41(38)49)28-27-34(46)23-19-6-4-2/h5,7,9-10,12-13,27-28,34,36-41,46,48-49H,3-4,6,8,11,14-26,29-33,45H2,1-2H3,(H,52,53)(H,54,55)/b7-5-,10-9-,13-12-,28-27+/t34-,36+,37+,38+,39-,40+,41-/m0/s1. The van der Waals surface area contributed by atoms with Crippen LogP contribution in [0.2, 0.25) is 0 Å². The molecule has 16 heteroatoms. The van der Waals surface area contributed by atoms with Crippen molar-refractivity contribution in [3.63, 3.8) is 0 Å². The van der Waals surface area contributed by atoms with Crippen LogP contribution < -0.4 is 5.73 Å². The Bertz CT molecular complexity index is 1380. The second kappa shape index (κ2) is 33.6. The summed E-state index contributed by atoms with van der Waals surface area (Å²) >= 11 is 0. The smallest absolute Gasteiger partial charge is 0.472 e. The van der Waals surface area contributed by atoms with Crippen LogP contribution in [-0.2, 0) is 42.3 Å². The monoisotopic (exact) mass is 871 g/mol. The Balaban J connectivity index is 2.55. The predicted molar refractivity (Wildman–Crippen MR) is 228 cm³/mol. The van der Waals surface area contributed by atoms with Gasteiger partial charge in [-0.15, -0.1) is 0 Å². The molecule has 0 aromatic carbocycles. The number of nitrogens with two attached hydrogens (primary N) is 1. The molecule has 344 valence electrons. The van der Waals surface area contributed by atoms with Crippen LogP contribution in [0.4, 0.5) is 0 Å². The Morgan fingerprint density at radius 2 is 1.38 bits per heavy atom. The van der Waals surface area contributed by atoms with E-state index in [1.807, 2.05) is 0 Å². The summed E-state index contributed by atoms with van der Waals surface area (Å²) in [7, 11) is -4.83. The summed E-state index contributed by atoms with van der Waals surface area (Å²) in [4.78, 5) is 59.0. The summed E-state index contributed by atoms with van der Waals surface area (Å²) in [6, 6.07) is -1.59. The van der Waals surface area contributed by atoms with Crippen molar-refractivity contribution in [2.75, 3.05) is 19.8 Å². The number of ether oxygens (including phenoxy) is 2. The van der Waals surface area contributed by atoms with E-state index in [1.54, 1.807) is 12.2 Å². The van der Waals surface area contributed by atoms with Gasteiger partial charge in [0.25, 0.3) is 0 Å². The third kappa shape index (κ3) is 27.8.